The molecule has 6 nitrogen and oxygen atoms in total. The van der Waals surface area contributed by atoms with Crippen LogP contribution in [0.3, 0.4) is 0 Å². The number of aromatic nitrogens is 1. The number of hydrogen-bond donors (Lipinski definition) is 1. The van der Waals surface area contributed by atoms with E-state index < -0.39 is 5.97 Å². The van der Waals surface area contributed by atoms with Crippen LogP contribution < -0.4 is 10.1 Å². The molecule has 1 amide bonds. The third kappa shape index (κ3) is 4.05. The number of nitrogens with one attached hydrogen (secondary N) is 1. The van der Waals surface area contributed by atoms with E-state index in [9.17, 15) is 9.59 Å². The van der Waals surface area contributed by atoms with E-state index in [2.05, 4.69) is 26.2 Å². The summed E-state index contributed by atoms with van der Waals surface area (Å²) in [6.45, 7) is 1.32. The fourth-order valence-corrected chi connectivity index (χ4v) is 3.26. The van der Waals surface area contributed by atoms with Gasteiger partial charge in [-0.15, -0.1) is 0 Å². The monoisotopic (exact) mass is 446 g/mol. The molecule has 2 aromatic rings. The normalized spacial score (nSPS) is 10.3. The lowest BCUT2D eigenvalue weighted by Gasteiger charge is -2.14. The topological polar surface area (TPSA) is 77.5 Å². The summed E-state index contributed by atoms with van der Waals surface area (Å²) >= 11 is 15.9. The lowest BCUT2D eigenvalue weighted by Crippen LogP contribution is -2.12. The van der Waals surface area contributed by atoms with Crippen LogP contribution in [-0.2, 0) is 9.53 Å². The Morgan fingerprint density at radius 3 is 2.44 bits per heavy atom. The van der Waals surface area contributed by atoms with Gasteiger partial charge < -0.3 is 14.8 Å². The van der Waals surface area contributed by atoms with Gasteiger partial charge in [-0.3, -0.25) is 4.79 Å². The number of esters is 1. The highest BCUT2D eigenvalue weighted by Gasteiger charge is 2.21. The van der Waals surface area contributed by atoms with Crippen molar-refractivity contribution in [2.75, 3.05) is 19.5 Å². The molecule has 1 heterocycles. The van der Waals surface area contributed by atoms with E-state index in [0.717, 1.165) is 0 Å². The SMILES string of the molecule is COC(=O)c1nc(-c2ccc(Br)c(OC)c2Cl)cc(NC(C)=O)c1Cl. The van der Waals surface area contributed by atoms with Gasteiger partial charge in [-0.2, -0.15) is 0 Å². The Labute approximate surface area is 162 Å². The van der Waals surface area contributed by atoms with Crippen LogP contribution >= 0.6 is 39.1 Å². The lowest BCUT2D eigenvalue weighted by molar-refractivity contribution is -0.114. The van der Waals surface area contributed by atoms with Gasteiger partial charge >= 0.3 is 5.97 Å². The molecule has 0 bridgehead atoms. The largest absolute Gasteiger partial charge is 0.494 e. The minimum atomic E-state index is -0.737. The van der Waals surface area contributed by atoms with Gasteiger partial charge in [-0.1, -0.05) is 23.2 Å². The predicted octanol–water partition coefficient (Wildman–Crippen LogP) is 4.57. The first-order valence-corrected chi connectivity index (χ1v) is 8.43. The highest BCUT2D eigenvalue weighted by atomic mass is 79.9. The van der Waals surface area contributed by atoms with Crippen molar-refractivity contribution in [3.63, 3.8) is 0 Å². The summed E-state index contributed by atoms with van der Waals surface area (Å²) in [6, 6.07) is 4.95. The van der Waals surface area contributed by atoms with Crippen LogP contribution in [0, 0.1) is 0 Å². The summed E-state index contributed by atoms with van der Waals surface area (Å²) in [6.07, 6.45) is 0. The fourth-order valence-electron chi connectivity index (χ4n) is 2.10. The second kappa shape index (κ2) is 8.03. The number of carbonyl (C=O) groups is 2. The molecule has 0 aliphatic rings. The molecule has 132 valence electrons. The van der Waals surface area contributed by atoms with Gasteiger partial charge in [0.1, 0.15) is 0 Å². The van der Waals surface area contributed by atoms with Crippen molar-refractivity contribution in [2.45, 2.75) is 6.92 Å². The summed E-state index contributed by atoms with van der Waals surface area (Å²) in [5, 5.41) is 2.83. The van der Waals surface area contributed by atoms with E-state index in [4.69, 9.17) is 32.7 Å². The molecule has 9 heteroatoms. The molecule has 0 atom stereocenters. The van der Waals surface area contributed by atoms with Crippen LogP contribution in [0.1, 0.15) is 17.4 Å². The third-order valence-electron chi connectivity index (χ3n) is 3.18. The summed E-state index contributed by atoms with van der Waals surface area (Å²) < 4.78 is 10.6. The molecule has 2 rings (SSSR count). The van der Waals surface area contributed by atoms with Crippen molar-refractivity contribution < 1.29 is 19.1 Å². The van der Waals surface area contributed by atoms with Crippen LogP contribution in [0.4, 0.5) is 5.69 Å². The first-order valence-electron chi connectivity index (χ1n) is 6.89. The Morgan fingerprint density at radius 1 is 1.20 bits per heavy atom. The van der Waals surface area contributed by atoms with E-state index in [1.165, 1.54) is 27.2 Å². The third-order valence-corrected chi connectivity index (χ3v) is 4.56. The Bertz CT molecular complexity index is 859. The number of hydrogen-bond acceptors (Lipinski definition) is 5. The Morgan fingerprint density at radius 2 is 1.88 bits per heavy atom. The average Bonchev–Trinajstić information content (AvgIpc) is 2.56. The zero-order valence-electron chi connectivity index (χ0n) is 13.4. The molecule has 1 aromatic carbocycles. The first-order chi connectivity index (χ1) is 11.8. The molecule has 0 saturated carbocycles. The van der Waals surface area contributed by atoms with Gasteiger partial charge in [0, 0.05) is 12.5 Å². The van der Waals surface area contributed by atoms with Crippen molar-refractivity contribution in [3.05, 3.63) is 38.4 Å². The number of pyridine rings is 1. The summed E-state index contributed by atoms with van der Waals surface area (Å²) in [7, 11) is 2.69. The molecule has 0 unspecified atom stereocenters. The van der Waals surface area contributed by atoms with Crippen LogP contribution in [-0.4, -0.2) is 31.1 Å². The molecular formula is C16H13BrCl2N2O4. The molecule has 0 aliphatic carbocycles. The van der Waals surface area contributed by atoms with E-state index in [0.29, 0.717) is 21.5 Å². The van der Waals surface area contributed by atoms with Gasteiger partial charge in [-0.25, -0.2) is 9.78 Å². The van der Waals surface area contributed by atoms with E-state index in [1.807, 2.05) is 0 Å². The molecule has 0 saturated heterocycles. The second-order valence-corrected chi connectivity index (χ2v) is 6.44. The second-order valence-electron chi connectivity index (χ2n) is 4.83. The number of nitrogens with zero attached hydrogens (tertiary/aromatic N) is 1. The van der Waals surface area contributed by atoms with E-state index in [-0.39, 0.29) is 27.3 Å². The van der Waals surface area contributed by atoms with E-state index >= 15 is 0 Å². The summed E-state index contributed by atoms with van der Waals surface area (Å²) in [4.78, 5) is 27.6. The number of rotatable bonds is 4. The standard InChI is InChI=1S/C16H13BrCl2N2O4/c1-7(22)20-11-6-10(21-14(13(11)19)16(23)25-3)8-4-5-9(17)15(24-2)12(8)18/h4-6H,1-3H3,(H,20,21,22). The summed E-state index contributed by atoms with van der Waals surface area (Å²) in [5.74, 6) is -0.676. The smallest absolute Gasteiger partial charge is 0.358 e. The van der Waals surface area contributed by atoms with Crippen molar-refractivity contribution in [3.8, 4) is 17.0 Å². The molecule has 1 N–H and O–H groups in total. The molecule has 0 fully saturated rings. The molecule has 25 heavy (non-hydrogen) atoms. The molecule has 1 aromatic heterocycles. The van der Waals surface area contributed by atoms with Crippen LogP contribution in [0.15, 0.2) is 22.7 Å². The maximum absolute atomic E-state index is 12.0. The highest BCUT2D eigenvalue weighted by Crippen LogP contribution is 2.41. The maximum Gasteiger partial charge on any atom is 0.358 e. The van der Waals surface area contributed by atoms with Gasteiger partial charge in [-0.05, 0) is 34.1 Å². The number of carbonyl (C=O) groups excluding carboxylic acids is 2. The number of amides is 1. The number of anilines is 1. The van der Waals surface area contributed by atoms with Crippen LogP contribution in [0.25, 0.3) is 11.3 Å². The zero-order chi connectivity index (χ0) is 18.7. The van der Waals surface area contributed by atoms with Crippen molar-refractivity contribution in [2.24, 2.45) is 0 Å². The number of benzene rings is 1. The van der Waals surface area contributed by atoms with Crippen LogP contribution in [0.5, 0.6) is 5.75 Å². The Kier molecular flexibility index (Phi) is 6.26. The number of ether oxygens (including phenoxy) is 2. The van der Waals surface area contributed by atoms with Gasteiger partial charge in [0.25, 0.3) is 0 Å². The minimum absolute atomic E-state index is 0.0222. The number of halogens is 3. The predicted molar refractivity (Wildman–Crippen MR) is 99.6 cm³/mol. The molecular weight excluding hydrogens is 435 g/mol. The average molecular weight is 448 g/mol. The van der Waals surface area contributed by atoms with Crippen LogP contribution in [0.2, 0.25) is 10.0 Å². The Hall–Kier alpha value is -1.83. The molecule has 0 aliphatic heterocycles. The van der Waals surface area contributed by atoms with Gasteiger partial charge in [0.15, 0.2) is 11.4 Å². The Balaban J connectivity index is 2.73. The maximum atomic E-state index is 12.0. The highest BCUT2D eigenvalue weighted by molar-refractivity contribution is 9.10. The number of methoxy groups -OCH3 is 2. The molecule has 0 radical (unpaired) electrons. The van der Waals surface area contributed by atoms with Crippen molar-refractivity contribution in [1.29, 1.82) is 0 Å². The quantitative estimate of drug-likeness (QED) is 0.694. The first kappa shape index (κ1) is 19.5. The fraction of sp³-hybridized carbons (Fsp3) is 0.188. The van der Waals surface area contributed by atoms with E-state index in [1.54, 1.807) is 12.1 Å². The van der Waals surface area contributed by atoms with Gasteiger partial charge in [0.2, 0.25) is 5.91 Å². The zero-order valence-corrected chi connectivity index (χ0v) is 16.5. The van der Waals surface area contributed by atoms with Gasteiger partial charge in [0.05, 0.1) is 40.1 Å². The van der Waals surface area contributed by atoms with Crippen molar-refractivity contribution >= 4 is 56.7 Å². The minimum Gasteiger partial charge on any atom is -0.494 e. The molecule has 0 spiro atoms. The summed E-state index contributed by atoms with van der Waals surface area (Å²) in [5.41, 5.74) is 0.903. The lowest BCUT2D eigenvalue weighted by atomic mass is 10.1. The van der Waals surface area contributed by atoms with Crippen molar-refractivity contribution in [1.82, 2.24) is 4.98 Å².